The molecule has 1 aromatic carbocycles. The van der Waals surface area contributed by atoms with E-state index >= 15 is 0 Å². The van der Waals surface area contributed by atoms with Crippen molar-refractivity contribution in [3.63, 3.8) is 0 Å². The lowest BCUT2D eigenvalue weighted by atomic mass is 10.1. The van der Waals surface area contributed by atoms with Crippen LogP contribution in [0.2, 0.25) is 0 Å². The van der Waals surface area contributed by atoms with E-state index < -0.39 is 45.8 Å². The Bertz CT molecular complexity index is 461. The molecule has 0 aliphatic heterocycles. The monoisotopic (exact) mass is 288 g/mol. The third kappa shape index (κ3) is 1.87. The Hall–Kier alpha value is -1.52. The van der Waals surface area contributed by atoms with E-state index in [2.05, 4.69) is 0 Å². The van der Waals surface area contributed by atoms with E-state index in [1.807, 2.05) is 0 Å². The highest BCUT2D eigenvalue weighted by atomic mass is 19.6. The Morgan fingerprint density at radius 2 is 0.889 bits per heavy atom. The zero-order chi connectivity index (χ0) is 14.5. The molecule has 0 unspecified atom stereocenters. The van der Waals surface area contributed by atoms with Crippen molar-refractivity contribution in [2.24, 2.45) is 0 Å². The van der Waals surface area contributed by atoms with Crippen LogP contribution in [0, 0.1) is 29.1 Å². The molecule has 0 radical (unpaired) electrons. The maximum absolute atomic E-state index is 12.7. The third-order valence-corrected chi connectivity index (χ3v) is 1.83. The van der Waals surface area contributed by atoms with Crippen LogP contribution in [-0.4, -0.2) is 5.15 Å². The molecule has 0 spiro atoms. The zero-order valence-electron chi connectivity index (χ0n) is 7.73. The summed E-state index contributed by atoms with van der Waals surface area (Å²) in [5.41, 5.74) is -3.26. The predicted octanol–water partition coefficient (Wildman–Crippen LogP) is 3.90. The highest BCUT2D eigenvalue weighted by molar-refractivity contribution is 5.26. The highest BCUT2D eigenvalue weighted by Crippen LogP contribution is 2.44. The maximum Gasteiger partial charge on any atom is 0.538 e. The van der Waals surface area contributed by atoms with Gasteiger partial charge in [0.2, 0.25) is 5.82 Å². The van der Waals surface area contributed by atoms with Crippen molar-refractivity contribution in [1.82, 2.24) is 0 Å². The summed E-state index contributed by atoms with van der Waals surface area (Å²) in [6, 6.07) is -6.27. The van der Waals surface area contributed by atoms with Crippen molar-refractivity contribution in [1.29, 1.82) is 0 Å². The van der Waals surface area contributed by atoms with Gasteiger partial charge in [0.15, 0.2) is 28.8 Å². The number of halogens is 10. The van der Waals surface area contributed by atoms with Gasteiger partial charge in [-0.3, -0.25) is 0 Å². The molecule has 0 saturated carbocycles. The first-order chi connectivity index (χ1) is 7.93. The molecule has 1 nitrogen and oxygen atoms in total. The molecule has 0 aliphatic rings. The van der Waals surface area contributed by atoms with Gasteiger partial charge in [0.1, 0.15) is 0 Å². The minimum atomic E-state index is -6.27. The van der Waals surface area contributed by atoms with Crippen molar-refractivity contribution in [2.75, 3.05) is 0 Å². The number of hydrogen-bond donors (Lipinski definition) is 0. The summed E-state index contributed by atoms with van der Waals surface area (Å²) >= 11 is 0. The van der Waals surface area contributed by atoms with Gasteiger partial charge >= 0.3 is 11.2 Å². The molecule has 0 bridgehead atoms. The lowest BCUT2D eigenvalue weighted by molar-refractivity contribution is -1.32. The van der Waals surface area contributed by atoms with E-state index in [1.165, 1.54) is 0 Å². The molecule has 0 atom stereocenters. The Morgan fingerprint density at radius 3 is 1.17 bits per heavy atom. The molecule has 0 fully saturated rings. The normalized spacial score (nSPS) is 13.0. The minimum absolute atomic E-state index is 2.83. The van der Waals surface area contributed by atoms with Gasteiger partial charge in [0.05, 0.1) is 13.4 Å². The number of nitrogens with zero attached hydrogens (tertiary/aromatic N) is 1. The predicted molar refractivity (Wildman–Crippen MR) is 33.7 cm³/mol. The molecule has 11 heteroatoms. The van der Waals surface area contributed by atoms with E-state index in [1.54, 1.807) is 0 Å². The first kappa shape index (κ1) is 14.5. The SMILES string of the molecule is Fc1c(F)c(F)c(C(F)(F)[N+](F)(F)F)c(F)c1F. The molecule has 18 heavy (non-hydrogen) atoms. The molecule has 0 N–H and O–H groups in total. The van der Waals surface area contributed by atoms with Crippen LogP contribution in [0.5, 0.6) is 0 Å². The molecule has 1 rings (SSSR count). The average Bonchev–Trinajstić information content (AvgIpc) is 2.22. The summed E-state index contributed by atoms with van der Waals surface area (Å²) in [6.07, 6.45) is 0. The Labute approximate surface area is 91.2 Å². The summed E-state index contributed by atoms with van der Waals surface area (Å²) in [7, 11) is 0. The Morgan fingerprint density at radius 1 is 0.611 bits per heavy atom. The lowest BCUT2D eigenvalue weighted by Crippen LogP contribution is -2.40. The van der Waals surface area contributed by atoms with Crippen LogP contribution in [0.1, 0.15) is 5.56 Å². The second kappa shape index (κ2) is 4.00. The van der Waals surface area contributed by atoms with Gasteiger partial charge in [-0.25, -0.2) is 22.0 Å². The largest absolute Gasteiger partial charge is 0.538 e. The van der Waals surface area contributed by atoms with E-state index in [-0.39, 0.29) is 0 Å². The van der Waals surface area contributed by atoms with Gasteiger partial charge < -0.3 is 0 Å². The molecule has 0 saturated heterocycles. The zero-order valence-corrected chi connectivity index (χ0v) is 7.73. The second-order valence-corrected chi connectivity index (χ2v) is 2.93. The standard InChI is InChI=1S/C7F10N/c8-2-1(7(13,14)18(15,16)17)3(9)5(11)6(12)4(2)10/q+1. The van der Waals surface area contributed by atoms with E-state index in [0.717, 1.165) is 0 Å². The Balaban J connectivity index is 3.72. The van der Waals surface area contributed by atoms with Gasteiger partial charge in [-0.2, -0.15) is 0 Å². The lowest BCUT2D eigenvalue weighted by Gasteiger charge is -2.15. The second-order valence-electron chi connectivity index (χ2n) is 2.93. The van der Waals surface area contributed by atoms with Gasteiger partial charge in [0, 0.05) is 0 Å². The average molecular weight is 288 g/mol. The van der Waals surface area contributed by atoms with Crippen molar-refractivity contribution < 1.29 is 49.3 Å². The minimum Gasteiger partial charge on any atom is -0.203 e. The van der Waals surface area contributed by atoms with Crippen molar-refractivity contribution in [2.45, 2.75) is 6.05 Å². The quantitative estimate of drug-likeness (QED) is 0.254. The molecule has 0 heterocycles. The fraction of sp³-hybridized carbons (Fsp3) is 0.143. The van der Waals surface area contributed by atoms with Crippen LogP contribution in [-0.2, 0) is 6.05 Å². The van der Waals surface area contributed by atoms with E-state index in [4.69, 9.17) is 0 Å². The summed E-state index contributed by atoms with van der Waals surface area (Å²) < 4.78 is 123. The fourth-order valence-corrected chi connectivity index (χ4v) is 0.996. The topological polar surface area (TPSA) is 0 Å². The van der Waals surface area contributed by atoms with Gasteiger partial charge in [-0.15, -0.1) is 8.78 Å². The van der Waals surface area contributed by atoms with Crippen LogP contribution in [0.3, 0.4) is 0 Å². The van der Waals surface area contributed by atoms with Crippen LogP contribution >= 0.6 is 0 Å². The number of alkyl halides is 2. The number of hydrogen-bond acceptors (Lipinski definition) is 0. The molecule has 0 amide bonds. The molecule has 102 valence electrons. The fourth-order valence-electron chi connectivity index (χ4n) is 0.996. The molecule has 0 aliphatic carbocycles. The number of quaternary nitrogens is 1. The van der Waals surface area contributed by atoms with E-state index in [0.29, 0.717) is 0 Å². The molecule has 0 aromatic heterocycles. The smallest absolute Gasteiger partial charge is 0.203 e. The van der Waals surface area contributed by atoms with Crippen molar-refractivity contribution in [3.05, 3.63) is 34.6 Å². The summed E-state index contributed by atoms with van der Waals surface area (Å²) in [4.78, 5) is 0. The Kier molecular flexibility index (Phi) is 3.23. The van der Waals surface area contributed by atoms with Crippen LogP contribution in [0.15, 0.2) is 0 Å². The first-order valence-electron chi connectivity index (χ1n) is 3.80. The molecular formula is C7F10N+. The summed E-state index contributed by atoms with van der Waals surface area (Å²) in [5, 5.41) is -5.83. The van der Waals surface area contributed by atoms with Gasteiger partial charge in [0.25, 0.3) is 0 Å². The van der Waals surface area contributed by atoms with Crippen LogP contribution in [0.25, 0.3) is 0 Å². The van der Waals surface area contributed by atoms with Crippen LogP contribution in [0.4, 0.5) is 44.2 Å². The first-order valence-corrected chi connectivity index (χ1v) is 3.80. The van der Waals surface area contributed by atoms with Crippen LogP contribution < -0.4 is 0 Å². The number of rotatable bonds is 2. The summed E-state index contributed by atoms with van der Waals surface area (Å²) in [5.74, 6) is -15.1. The number of benzene rings is 1. The van der Waals surface area contributed by atoms with Crippen molar-refractivity contribution >= 4 is 0 Å². The van der Waals surface area contributed by atoms with Gasteiger partial charge in [-0.05, 0) is 0 Å². The highest BCUT2D eigenvalue weighted by Gasteiger charge is 2.68. The third-order valence-electron chi connectivity index (χ3n) is 1.83. The maximum atomic E-state index is 12.7. The molecular weight excluding hydrogens is 288 g/mol. The summed E-state index contributed by atoms with van der Waals surface area (Å²) in [6.45, 7) is 0. The van der Waals surface area contributed by atoms with E-state index in [9.17, 15) is 44.2 Å². The molecule has 1 aromatic rings. The van der Waals surface area contributed by atoms with Crippen molar-refractivity contribution in [3.8, 4) is 0 Å². The van der Waals surface area contributed by atoms with Gasteiger partial charge in [-0.1, -0.05) is 0 Å².